The van der Waals surface area contributed by atoms with Crippen LogP contribution in [0.2, 0.25) is 0 Å². The van der Waals surface area contributed by atoms with Gasteiger partial charge in [-0.05, 0) is 30.3 Å². The molecule has 2 aromatic rings. The molecule has 6 nitrogen and oxygen atoms in total. The molecule has 29 heavy (non-hydrogen) atoms. The van der Waals surface area contributed by atoms with Crippen LogP contribution in [0.5, 0.6) is 0 Å². The summed E-state index contributed by atoms with van der Waals surface area (Å²) < 4.78 is 64.6. The molecule has 0 fully saturated rings. The van der Waals surface area contributed by atoms with Gasteiger partial charge in [-0.15, -0.1) is 11.3 Å². The van der Waals surface area contributed by atoms with Gasteiger partial charge in [0.25, 0.3) is 15.9 Å². The zero-order valence-electron chi connectivity index (χ0n) is 14.9. The van der Waals surface area contributed by atoms with Crippen LogP contribution in [0.1, 0.15) is 15.2 Å². The number of benzene rings is 1. The van der Waals surface area contributed by atoms with E-state index in [-0.39, 0.29) is 29.8 Å². The molecule has 0 unspecified atom stereocenters. The Labute approximate surface area is 169 Å². The second-order valence-electron chi connectivity index (χ2n) is 5.97. The molecule has 0 saturated heterocycles. The third kappa shape index (κ3) is 5.04. The summed E-state index contributed by atoms with van der Waals surface area (Å²) >= 11 is 0.946. The molecule has 1 aromatic carbocycles. The first kappa shape index (κ1) is 21.1. The normalized spacial score (nSPS) is 15.0. The van der Waals surface area contributed by atoms with E-state index in [9.17, 15) is 26.4 Å². The molecule has 154 valence electrons. The number of carbonyl (C=O) groups is 1. The van der Waals surface area contributed by atoms with E-state index < -0.39 is 21.9 Å². The minimum atomic E-state index is -4.64. The van der Waals surface area contributed by atoms with E-state index >= 15 is 0 Å². The molecular formula is C18H16F3N3O3S2. The fourth-order valence-corrected chi connectivity index (χ4v) is 5.22. The van der Waals surface area contributed by atoms with Crippen LogP contribution in [0, 0.1) is 0 Å². The molecule has 1 amide bonds. The molecule has 1 aromatic heterocycles. The molecule has 0 spiro atoms. The summed E-state index contributed by atoms with van der Waals surface area (Å²) in [4.78, 5) is 16.1. The number of carbonyl (C=O) groups excluding carboxylic acids is 1. The number of aliphatic imine (C=N–C) groups is 1. The summed E-state index contributed by atoms with van der Waals surface area (Å²) in [6, 6.07) is 11.5. The van der Waals surface area contributed by atoms with Crippen LogP contribution in [0.15, 0.2) is 63.9 Å². The highest BCUT2D eigenvalue weighted by atomic mass is 32.2. The number of nitrogens with one attached hydrogen (secondary N) is 1. The van der Waals surface area contributed by atoms with E-state index in [1.54, 1.807) is 36.4 Å². The smallest absolute Gasteiger partial charge is 0.347 e. The summed E-state index contributed by atoms with van der Waals surface area (Å²) in [5, 5.41) is 2.70. The predicted octanol–water partition coefficient (Wildman–Crippen LogP) is 3.20. The first-order valence-electron chi connectivity index (χ1n) is 8.41. The van der Waals surface area contributed by atoms with Gasteiger partial charge in [0.05, 0.1) is 19.6 Å². The molecule has 0 bridgehead atoms. The number of nitrogens with zero attached hydrogens (tertiary/aromatic N) is 2. The van der Waals surface area contributed by atoms with Crippen molar-refractivity contribution < 1.29 is 26.4 Å². The Hall–Kier alpha value is -2.66. The number of sulfonamides is 1. The minimum Gasteiger partial charge on any atom is -0.347 e. The van der Waals surface area contributed by atoms with Crippen LogP contribution >= 0.6 is 11.3 Å². The first-order valence-corrected chi connectivity index (χ1v) is 10.7. The van der Waals surface area contributed by atoms with E-state index in [1.807, 2.05) is 0 Å². The average Bonchev–Trinajstić information content (AvgIpc) is 3.01. The van der Waals surface area contributed by atoms with Crippen molar-refractivity contribution in [1.82, 2.24) is 9.62 Å². The first-order chi connectivity index (χ1) is 13.7. The number of thiophene rings is 1. The topological polar surface area (TPSA) is 78.8 Å². The Morgan fingerprint density at radius 2 is 1.90 bits per heavy atom. The van der Waals surface area contributed by atoms with Crippen molar-refractivity contribution in [3.05, 3.63) is 65.2 Å². The maximum Gasteiger partial charge on any atom is 0.432 e. The number of hydrogen-bond donors (Lipinski definition) is 1. The van der Waals surface area contributed by atoms with Crippen LogP contribution in [-0.2, 0) is 16.6 Å². The standard InChI is InChI=1S/C18H16F3N3O3S2/c19-18(20,21)15-8-10-24(11-9-22-15)29(26,27)16-7-6-14(28-16)12-23-17(25)13-4-2-1-3-5-13/h1-8,10H,9,11-12H2,(H,23,25). The van der Waals surface area contributed by atoms with E-state index in [0.717, 1.165) is 21.8 Å². The molecule has 1 N–H and O–H groups in total. The maximum atomic E-state index is 12.8. The van der Waals surface area contributed by atoms with Gasteiger partial charge in [0.15, 0.2) is 0 Å². The van der Waals surface area contributed by atoms with Crippen molar-refractivity contribution in [3.8, 4) is 0 Å². The summed E-state index contributed by atoms with van der Waals surface area (Å²) in [7, 11) is -4.01. The molecule has 0 radical (unpaired) electrons. The minimum absolute atomic E-state index is 0.0263. The number of alkyl halides is 3. The molecule has 11 heteroatoms. The van der Waals surface area contributed by atoms with Crippen LogP contribution in [-0.4, -0.2) is 43.6 Å². The Balaban J connectivity index is 1.68. The molecular weight excluding hydrogens is 427 g/mol. The van der Waals surface area contributed by atoms with Crippen molar-refractivity contribution in [2.24, 2.45) is 4.99 Å². The molecule has 0 aliphatic carbocycles. The number of rotatable bonds is 5. The largest absolute Gasteiger partial charge is 0.432 e. The number of halogens is 3. The van der Waals surface area contributed by atoms with Crippen molar-refractivity contribution in [2.45, 2.75) is 16.9 Å². The van der Waals surface area contributed by atoms with Gasteiger partial charge in [-0.3, -0.25) is 14.1 Å². The highest BCUT2D eigenvalue weighted by Crippen LogP contribution is 2.27. The van der Waals surface area contributed by atoms with Gasteiger partial charge < -0.3 is 5.32 Å². The number of hydrogen-bond acceptors (Lipinski definition) is 5. The van der Waals surface area contributed by atoms with Crippen molar-refractivity contribution in [3.63, 3.8) is 0 Å². The van der Waals surface area contributed by atoms with Gasteiger partial charge in [-0.2, -0.15) is 13.2 Å². The second-order valence-corrected chi connectivity index (χ2v) is 9.25. The van der Waals surface area contributed by atoms with Crippen molar-refractivity contribution in [1.29, 1.82) is 0 Å². The van der Waals surface area contributed by atoms with Crippen LogP contribution in [0.4, 0.5) is 13.2 Å². The monoisotopic (exact) mass is 443 g/mol. The van der Waals surface area contributed by atoms with Gasteiger partial charge in [0.2, 0.25) is 0 Å². The van der Waals surface area contributed by atoms with E-state index in [2.05, 4.69) is 10.3 Å². The highest BCUT2D eigenvalue weighted by molar-refractivity contribution is 7.91. The number of allylic oxidation sites excluding steroid dienone is 1. The maximum absolute atomic E-state index is 12.8. The van der Waals surface area contributed by atoms with Crippen molar-refractivity contribution >= 4 is 33.0 Å². The molecule has 0 atom stereocenters. The fourth-order valence-electron chi connectivity index (χ4n) is 2.50. The molecule has 2 heterocycles. The number of amides is 1. The zero-order chi connectivity index (χ0) is 21.1. The third-order valence-electron chi connectivity index (χ3n) is 3.95. The van der Waals surface area contributed by atoms with E-state index in [1.165, 1.54) is 6.07 Å². The van der Waals surface area contributed by atoms with Gasteiger partial charge in [-0.25, -0.2) is 8.42 Å². The second kappa shape index (κ2) is 8.37. The summed E-state index contributed by atoms with van der Waals surface area (Å²) in [6.45, 7) is -0.367. The van der Waals surface area contributed by atoms with Crippen LogP contribution in [0.3, 0.4) is 0 Å². The highest BCUT2D eigenvalue weighted by Gasteiger charge is 2.35. The summed E-state index contributed by atoms with van der Waals surface area (Å²) in [6.07, 6.45) is -3.10. The Kier molecular flexibility index (Phi) is 6.08. The van der Waals surface area contributed by atoms with Gasteiger partial charge in [0, 0.05) is 16.6 Å². The summed E-state index contributed by atoms with van der Waals surface area (Å²) in [5.41, 5.74) is -0.641. The SMILES string of the molecule is O=C(NCc1ccc(S(=O)(=O)N2C=CC(C(F)(F)F)=NCC2)s1)c1ccccc1. The molecule has 3 rings (SSSR count). The van der Waals surface area contributed by atoms with Gasteiger partial charge in [-0.1, -0.05) is 18.2 Å². The van der Waals surface area contributed by atoms with Gasteiger partial charge in [0.1, 0.15) is 9.92 Å². The lowest BCUT2D eigenvalue weighted by Crippen LogP contribution is -2.27. The average molecular weight is 443 g/mol. The van der Waals surface area contributed by atoms with Crippen molar-refractivity contribution in [2.75, 3.05) is 13.1 Å². The molecule has 1 aliphatic heterocycles. The Bertz CT molecular complexity index is 1050. The Morgan fingerprint density at radius 1 is 1.17 bits per heavy atom. The summed E-state index contributed by atoms with van der Waals surface area (Å²) in [5.74, 6) is -0.296. The zero-order valence-corrected chi connectivity index (χ0v) is 16.5. The lowest BCUT2D eigenvalue weighted by molar-refractivity contribution is -0.0578. The lowest BCUT2D eigenvalue weighted by Gasteiger charge is -2.17. The Morgan fingerprint density at radius 3 is 2.59 bits per heavy atom. The quantitative estimate of drug-likeness (QED) is 0.771. The van der Waals surface area contributed by atoms with E-state index in [4.69, 9.17) is 0 Å². The molecule has 1 aliphatic rings. The van der Waals surface area contributed by atoms with Crippen LogP contribution < -0.4 is 5.32 Å². The predicted molar refractivity (Wildman–Crippen MR) is 103 cm³/mol. The lowest BCUT2D eigenvalue weighted by atomic mass is 10.2. The van der Waals surface area contributed by atoms with E-state index in [0.29, 0.717) is 16.5 Å². The molecule has 0 saturated carbocycles. The third-order valence-corrected chi connectivity index (χ3v) is 7.28. The van der Waals surface area contributed by atoms with Crippen LogP contribution in [0.25, 0.3) is 0 Å². The van der Waals surface area contributed by atoms with Gasteiger partial charge >= 0.3 is 6.18 Å². The fraction of sp³-hybridized carbons (Fsp3) is 0.222.